The van der Waals surface area contributed by atoms with Gasteiger partial charge in [0.2, 0.25) is 0 Å². The largest absolute Gasteiger partial charge is 0.416 e. The van der Waals surface area contributed by atoms with E-state index in [2.05, 4.69) is 54.5 Å². The normalized spacial score (nSPS) is 18.0. The van der Waals surface area contributed by atoms with Crippen molar-refractivity contribution in [1.29, 1.82) is 0 Å². The molecule has 0 aromatic heterocycles. The van der Waals surface area contributed by atoms with Crippen LogP contribution in [-0.2, 0) is 12.4 Å². The van der Waals surface area contributed by atoms with Crippen molar-refractivity contribution in [1.82, 2.24) is 0 Å². The molecule has 2 aromatic carbocycles. The summed E-state index contributed by atoms with van der Waals surface area (Å²) in [4.78, 5) is 0. The summed E-state index contributed by atoms with van der Waals surface area (Å²) in [5.41, 5.74) is -1.23. The average Bonchev–Trinajstić information content (AvgIpc) is 3.21. The minimum Gasteiger partial charge on any atom is -0.166 e. The summed E-state index contributed by atoms with van der Waals surface area (Å²) in [5.74, 6) is 0.0419. The number of alkyl halides is 6. The average molecular weight is 559 g/mol. The quantitative estimate of drug-likeness (QED) is 0.253. The van der Waals surface area contributed by atoms with E-state index in [1.54, 1.807) is 0 Å². The first kappa shape index (κ1) is 29.9. The van der Waals surface area contributed by atoms with E-state index in [1.165, 1.54) is 24.3 Å². The van der Waals surface area contributed by atoms with Crippen molar-refractivity contribution >= 4 is 26.5 Å². The third kappa shape index (κ3) is 6.87. The van der Waals surface area contributed by atoms with E-state index >= 15 is 0 Å². The second-order valence-electron chi connectivity index (χ2n) is 11.4. The lowest BCUT2D eigenvalue weighted by Crippen LogP contribution is -2.34. The second-order valence-corrected chi connectivity index (χ2v) is 17.8. The van der Waals surface area contributed by atoms with E-state index in [0.29, 0.717) is 10.6 Å². The first-order valence-corrected chi connectivity index (χ1v) is 14.9. The van der Waals surface area contributed by atoms with Crippen molar-refractivity contribution in [3.63, 3.8) is 0 Å². The molecule has 0 spiro atoms. The molecule has 1 aliphatic carbocycles. The monoisotopic (exact) mass is 558 g/mol. The molecule has 1 unspecified atom stereocenters. The first-order chi connectivity index (χ1) is 16.8. The number of hydrogen-bond acceptors (Lipinski definition) is 0. The minimum atomic E-state index is -4.46. The third-order valence-corrected chi connectivity index (χ3v) is 13.1. The van der Waals surface area contributed by atoms with E-state index < -0.39 is 39.3 Å². The molecule has 0 fully saturated rings. The third-order valence-electron chi connectivity index (χ3n) is 6.46. The summed E-state index contributed by atoms with van der Waals surface area (Å²) < 4.78 is 79.6. The predicted octanol–water partition coefficient (Wildman–Crippen LogP) is 9.69. The molecule has 0 nitrogen and oxygen atoms in total. The number of halogens is 6. The summed E-state index contributed by atoms with van der Waals surface area (Å²) >= 11 is 0. The van der Waals surface area contributed by atoms with Gasteiger partial charge in [-0.05, 0) is 64.1 Å². The summed E-state index contributed by atoms with van der Waals surface area (Å²) in [6, 6.07) is 10.2. The van der Waals surface area contributed by atoms with Crippen LogP contribution in [0.2, 0.25) is 0 Å². The zero-order valence-corrected chi connectivity index (χ0v) is 24.0. The van der Waals surface area contributed by atoms with Gasteiger partial charge in [0.25, 0.3) is 0 Å². The van der Waals surface area contributed by atoms with Crippen LogP contribution in [0.15, 0.2) is 72.1 Å². The van der Waals surface area contributed by atoms with E-state index in [4.69, 9.17) is 0 Å². The predicted molar refractivity (Wildman–Crippen MR) is 146 cm³/mol. The minimum absolute atomic E-state index is 0.0419. The van der Waals surface area contributed by atoms with E-state index in [-0.39, 0.29) is 21.9 Å². The molecule has 0 radical (unpaired) electrons. The van der Waals surface area contributed by atoms with Crippen LogP contribution in [0.3, 0.4) is 0 Å². The number of rotatable bonds is 5. The van der Waals surface area contributed by atoms with E-state index in [9.17, 15) is 26.3 Å². The molecule has 0 aliphatic heterocycles. The molecular formula is C29H34F6P2. The highest BCUT2D eigenvalue weighted by atomic mass is 31.1. The summed E-state index contributed by atoms with van der Waals surface area (Å²) in [6.45, 7) is 15.7. The lowest BCUT2D eigenvalue weighted by molar-refractivity contribution is -0.138. The molecule has 37 heavy (non-hydrogen) atoms. The van der Waals surface area contributed by atoms with Crippen LogP contribution in [0.4, 0.5) is 26.3 Å². The summed E-state index contributed by atoms with van der Waals surface area (Å²) in [6.07, 6.45) is -2.78. The van der Waals surface area contributed by atoms with Crippen LogP contribution < -0.4 is 10.6 Å². The Morgan fingerprint density at radius 2 is 1.03 bits per heavy atom. The molecule has 0 amide bonds. The number of hydrogen-bond donors (Lipinski definition) is 0. The maximum atomic E-state index is 13.3. The van der Waals surface area contributed by atoms with Crippen molar-refractivity contribution in [3.8, 4) is 0 Å². The fourth-order valence-corrected chi connectivity index (χ4v) is 13.3. The van der Waals surface area contributed by atoms with Gasteiger partial charge in [0.15, 0.2) is 0 Å². The van der Waals surface area contributed by atoms with E-state index in [1.807, 2.05) is 12.2 Å². The zero-order chi connectivity index (χ0) is 28.0. The molecule has 0 saturated heterocycles. The van der Waals surface area contributed by atoms with Gasteiger partial charge in [0.05, 0.1) is 11.1 Å². The van der Waals surface area contributed by atoms with Crippen molar-refractivity contribution in [3.05, 3.63) is 83.2 Å². The highest BCUT2D eigenvalue weighted by molar-refractivity contribution is 7.76. The number of allylic oxidation sites excluding steroid dienone is 4. The van der Waals surface area contributed by atoms with Crippen molar-refractivity contribution in [2.75, 3.05) is 0 Å². The fraction of sp³-hybridized carbons (Fsp3) is 0.448. The van der Waals surface area contributed by atoms with Crippen LogP contribution >= 0.6 is 15.8 Å². The van der Waals surface area contributed by atoms with Crippen molar-refractivity contribution in [2.45, 2.75) is 76.8 Å². The molecule has 2 aromatic rings. The number of benzene rings is 2. The Kier molecular flexibility index (Phi) is 8.48. The Hall–Kier alpha value is -1.64. The van der Waals surface area contributed by atoms with Crippen LogP contribution in [-0.4, -0.2) is 16.0 Å². The maximum Gasteiger partial charge on any atom is 0.416 e. The maximum absolute atomic E-state index is 13.3. The highest BCUT2D eigenvalue weighted by Crippen LogP contribution is 2.66. The van der Waals surface area contributed by atoms with Crippen molar-refractivity contribution < 1.29 is 26.3 Å². The molecule has 3 rings (SSSR count). The molecule has 1 aliphatic rings. The Labute approximate surface area is 218 Å². The second kappa shape index (κ2) is 10.5. The van der Waals surface area contributed by atoms with Gasteiger partial charge in [-0.2, -0.15) is 26.3 Å². The lowest BCUT2D eigenvalue weighted by Gasteiger charge is -2.48. The molecule has 0 bridgehead atoms. The topological polar surface area (TPSA) is 0 Å². The van der Waals surface area contributed by atoms with Gasteiger partial charge in [-0.1, -0.05) is 98.9 Å². The molecule has 0 saturated carbocycles. The van der Waals surface area contributed by atoms with E-state index in [0.717, 1.165) is 29.6 Å². The molecule has 0 heterocycles. The molecule has 202 valence electrons. The summed E-state index contributed by atoms with van der Waals surface area (Å²) in [7, 11) is -1.87. The first-order valence-electron chi connectivity index (χ1n) is 12.1. The molecule has 8 heteroatoms. The van der Waals surface area contributed by atoms with Crippen molar-refractivity contribution in [2.24, 2.45) is 5.92 Å². The van der Waals surface area contributed by atoms with Gasteiger partial charge in [-0.25, -0.2) is 0 Å². The van der Waals surface area contributed by atoms with Crippen LogP contribution in [0, 0.1) is 5.92 Å². The zero-order valence-electron chi connectivity index (χ0n) is 22.2. The van der Waals surface area contributed by atoms with Gasteiger partial charge in [-0.15, -0.1) is 0 Å². The Morgan fingerprint density at radius 1 is 0.649 bits per heavy atom. The van der Waals surface area contributed by atoms with Gasteiger partial charge in [0, 0.05) is 5.92 Å². The lowest BCUT2D eigenvalue weighted by atomic mass is 10.1. The van der Waals surface area contributed by atoms with Gasteiger partial charge >= 0.3 is 12.4 Å². The SMILES string of the molecule is C[C@H](C1C=CC=C1P(c1ccc(C(F)(F)F)cc1)c1ccc(C(F)(F)F)cc1)P(C(C)(C)C)C(C)(C)C. The molecule has 2 atom stereocenters. The standard InChI is InChI=1S/C29H34F6P2/c1-19(37(26(2,3)4)27(5,6)7)24-9-8-10-25(24)36(22-15-11-20(12-16-22)28(30,31)32)23-17-13-21(14-18-23)29(33,34)35/h8-19,24H,1-7H3/t19-,24?/m1/s1. The smallest absolute Gasteiger partial charge is 0.166 e. The molecular weight excluding hydrogens is 524 g/mol. The Bertz CT molecular complexity index is 1060. The van der Waals surface area contributed by atoms with Gasteiger partial charge < -0.3 is 0 Å². The van der Waals surface area contributed by atoms with Crippen LogP contribution in [0.5, 0.6) is 0 Å². The van der Waals surface area contributed by atoms with Gasteiger partial charge in [0.1, 0.15) is 0 Å². The summed E-state index contributed by atoms with van der Waals surface area (Å²) in [5, 5.41) is 2.54. The van der Waals surface area contributed by atoms with Crippen LogP contribution in [0.1, 0.15) is 59.6 Å². The highest BCUT2D eigenvalue weighted by Gasteiger charge is 2.43. The Morgan fingerprint density at radius 3 is 1.35 bits per heavy atom. The fourth-order valence-electron chi connectivity index (χ4n) is 5.55. The molecule has 0 N–H and O–H groups in total. The Balaban J connectivity index is 2.11. The van der Waals surface area contributed by atoms with Gasteiger partial charge in [-0.3, -0.25) is 0 Å². The van der Waals surface area contributed by atoms with Crippen LogP contribution in [0.25, 0.3) is 0 Å².